The monoisotopic (exact) mass is 182 g/mol. The Labute approximate surface area is 79.9 Å². The van der Waals surface area contributed by atoms with Gasteiger partial charge in [0.1, 0.15) is 5.60 Å². The molecule has 0 bridgehead atoms. The summed E-state index contributed by atoms with van der Waals surface area (Å²) in [6.07, 6.45) is 6.95. The van der Waals surface area contributed by atoms with Gasteiger partial charge in [0.25, 0.3) is 0 Å². The van der Waals surface area contributed by atoms with Gasteiger partial charge in [0.2, 0.25) is 0 Å². The van der Waals surface area contributed by atoms with Crippen molar-refractivity contribution >= 4 is 0 Å². The molecule has 0 aromatic carbocycles. The SMILES string of the molecule is COC(C)(C1=CC=CC1)C(C)(C)O. The van der Waals surface area contributed by atoms with Crippen LogP contribution in [0.3, 0.4) is 0 Å². The van der Waals surface area contributed by atoms with E-state index in [4.69, 9.17) is 4.74 Å². The number of methoxy groups -OCH3 is 1. The summed E-state index contributed by atoms with van der Waals surface area (Å²) in [7, 11) is 1.64. The van der Waals surface area contributed by atoms with Gasteiger partial charge in [0, 0.05) is 7.11 Å². The average Bonchev–Trinajstić information content (AvgIpc) is 2.52. The molecule has 0 aromatic heterocycles. The molecule has 1 unspecified atom stereocenters. The summed E-state index contributed by atoms with van der Waals surface area (Å²) < 4.78 is 5.43. The van der Waals surface area contributed by atoms with Crippen LogP contribution in [-0.2, 0) is 4.74 Å². The fraction of sp³-hybridized carbons (Fsp3) is 0.636. The smallest absolute Gasteiger partial charge is 0.115 e. The lowest BCUT2D eigenvalue weighted by Gasteiger charge is -2.40. The minimum atomic E-state index is -0.862. The van der Waals surface area contributed by atoms with Crippen LogP contribution in [0.25, 0.3) is 0 Å². The Morgan fingerprint density at radius 3 is 2.31 bits per heavy atom. The molecule has 0 saturated carbocycles. The minimum Gasteiger partial charge on any atom is -0.387 e. The van der Waals surface area contributed by atoms with E-state index in [9.17, 15) is 5.11 Å². The van der Waals surface area contributed by atoms with E-state index in [1.54, 1.807) is 21.0 Å². The molecule has 0 saturated heterocycles. The minimum absolute atomic E-state index is 0.587. The first-order valence-electron chi connectivity index (χ1n) is 4.55. The maximum absolute atomic E-state index is 10.0. The molecule has 0 fully saturated rings. The maximum atomic E-state index is 10.0. The van der Waals surface area contributed by atoms with Gasteiger partial charge < -0.3 is 9.84 Å². The van der Waals surface area contributed by atoms with E-state index in [1.807, 2.05) is 19.1 Å². The fourth-order valence-corrected chi connectivity index (χ4v) is 1.57. The third kappa shape index (κ3) is 1.69. The summed E-state index contributed by atoms with van der Waals surface area (Å²) >= 11 is 0. The molecule has 0 aromatic rings. The zero-order valence-electron chi connectivity index (χ0n) is 8.79. The molecule has 0 heterocycles. The van der Waals surface area contributed by atoms with Gasteiger partial charge in [0.05, 0.1) is 5.60 Å². The number of ether oxygens (including phenoxy) is 1. The third-order valence-electron chi connectivity index (χ3n) is 2.96. The second-order valence-corrected chi connectivity index (χ2v) is 4.12. The Hall–Kier alpha value is -0.600. The highest BCUT2D eigenvalue weighted by atomic mass is 16.5. The van der Waals surface area contributed by atoms with E-state index in [1.165, 1.54) is 0 Å². The molecule has 2 heteroatoms. The Kier molecular flexibility index (Phi) is 2.64. The predicted molar refractivity (Wildman–Crippen MR) is 53.6 cm³/mol. The molecule has 1 aliphatic carbocycles. The van der Waals surface area contributed by atoms with Gasteiger partial charge in [0.15, 0.2) is 0 Å². The van der Waals surface area contributed by atoms with E-state index in [0.717, 1.165) is 12.0 Å². The van der Waals surface area contributed by atoms with Crippen molar-refractivity contribution in [2.45, 2.75) is 38.4 Å². The van der Waals surface area contributed by atoms with Gasteiger partial charge in [-0.05, 0) is 32.8 Å². The zero-order chi connectivity index (χ0) is 10.1. The highest BCUT2D eigenvalue weighted by Gasteiger charge is 2.42. The first-order valence-corrected chi connectivity index (χ1v) is 4.55. The van der Waals surface area contributed by atoms with Crippen molar-refractivity contribution in [2.75, 3.05) is 7.11 Å². The number of hydrogen-bond acceptors (Lipinski definition) is 2. The summed E-state index contributed by atoms with van der Waals surface area (Å²) in [5.41, 5.74) is -0.321. The lowest BCUT2D eigenvalue weighted by molar-refractivity contribution is -0.118. The molecule has 13 heavy (non-hydrogen) atoms. The first kappa shape index (κ1) is 10.5. The number of aliphatic hydroxyl groups is 1. The fourth-order valence-electron chi connectivity index (χ4n) is 1.57. The zero-order valence-corrected chi connectivity index (χ0v) is 8.79. The van der Waals surface area contributed by atoms with E-state index in [-0.39, 0.29) is 0 Å². The van der Waals surface area contributed by atoms with Crippen LogP contribution in [0, 0.1) is 0 Å². The quantitative estimate of drug-likeness (QED) is 0.723. The van der Waals surface area contributed by atoms with Crippen molar-refractivity contribution < 1.29 is 9.84 Å². The van der Waals surface area contributed by atoms with Crippen molar-refractivity contribution in [3.8, 4) is 0 Å². The van der Waals surface area contributed by atoms with Crippen LogP contribution in [0.15, 0.2) is 23.8 Å². The van der Waals surface area contributed by atoms with Crippen LogP contribution in [-0.4, -0.2) is 23.4 Å². The van der Waals surface area contributed by atoms with Crippen LogP contribution in [0.5, 0.6) is 0 Å². The molecule has 0 spiro atoms. The topological polar surface area (TPSA) is 29.5 Å². The molecule has 1 N–H and O–H groups in total. The normalized spacial score (nSPS) is 21.5. The van der Waals surface area contributed by atoms with Gasteiger partial charge in [-0.3, -0.25) is 0 Å². The second kappa shape index (κ2) is 3.28. The van der Waals surface area contributed by atoms with Gasteiger partial charge in [-0.15, -0.1) is 0 Å². The second-order valence-electron chi connectivity index (χ2n) is 4.12. The summed E-state index contributed by atoms with van der Waals surface area (Å²) in [6.45, 7) is 5.47. The van der Waals surface area contributed by atoms with Crippen molar-refractivity contribution in [3.63, 3.8) is 0 Å². The highest BCUT2D eigenvalue weighted by Crippen LogP contribution is 2.36. The third-order valence-corrected chi connectivity index (χ3v) is 2.96. The lowest BCUT2D eigenvalue weighted by Crippen LogP contribution is -2.50. The maximum Gasteiger partial charge on any atom is 0.115 e. The van der Waals surface area contributed by atoms with Crippen molar-refractivity contribution in [2.24, 2.45) is 0 Å². The Balaban J connectivity index is 2.94. The van der Waals surface area contributed by atoms with Crippen LogP contribution >= 0.6 is 0 Å². The predicted octanol–water partition coefficient (Wildman–Crippen LogP) is 2.05. The molecule has 0 radical (unpaired) electrons. The van der Waals surface area contributed by atoms with Crippen LogP contribution < -0.4 is 0 Å². The Morgan fingerprint density at radius 1 is 1.38 bits per heavy atom. The summed E-state index contributed by atoms with van der Waals surface area (Å²) in [5, 5.41) is 10.0. The molecular weight excluding hydrogens is 164 g/mol. The summed E-state index contributed by atoms with van der Waals surface area (Å²) in [6, 6.07) is 0. The molecule has 0 amide bonds. The largest absolute Gasteiger partial charge is 0.387 e. The average molecular weight is 182 g/mol. The molecule has 0 aliphatic heterocycles. The first-order chi connectivity index (χ1) is 5.92. The molecule has 1 rings (SSSR count). The lowest BCUT2D eigenvalue weighted by atomic mass is 9.80. The van der Waals surface area contributed by atoms with Gasteiger partial charge in [-0.25, -0.2) is 0 Å². The number of hydrogen-bond donors (Lipinski definition) is 1. The van der Waals surface area contributed by atoms with Crippen LogP contribution in [0.1, 0.15) is 27.2 Å². The summed E-state index contributed by atoms with van der Waals surface area (Å²) in [5.74, 6) is 0. The molecule has 1 atom stereocenters. The Bertz CT molecular complexity index is 245. The van der Waals surface area contributed by atoms with Crippen LogP contribution in [0.2, 0.25) is 0 Å². The van der Waals surface area contributed by atoms with Crippen LogP contribution in [0.4, 0.5) is 0 Å². The van der Waals surface area contributed by atoms with Gasteiger partial charge in [-0.2, -0.15) is 0 Å². The van der Waals surface area contributed by atoms with Gasteiger partial charge in [-0.1, -0.05) is 18.2 Å². The number of allylic oxidation sites excluding steroid dienone is 3. The van der Waals surface area contributed by atoms with Crippen molar-refractivity contribution in [1.29, 1.82) is 0 Å². The van der Waals surface area contributed by atoms with E-state index in [2.05, 4.69) is 6.08 Å². The van der Waals surface area contributed by atoms with E-state index < -0.39 is 11.2 Å². The van der Waals surface area contributed by atoms with E-state index in [0.29, 0.717) is 0 Å². The van der Waals surface area contributed by atoms with Crippen molar-refractivity contribution in [3.05, 3.63) is 23.8 Å². The standard InChI is InChI=1S/C11H18O2/c1-10(2,12)11(3,13-4)9-7-5-6-8-9/h5-7,12H,8H2,1-4H3. The van der Waals surface area contributed by atoms with Gasteiger partial charge >= 0.3 is 0 Å². The molecular formula is C11H18O2. The van der Waals surface area contributed by atoms with Crippen molar-refractivity contribution in [1.82, 2.24) is 0 Å². The van der Waals surface area contributed by atoms with E-state index >= 15 is 0 Å². The Morgan fingerprint density at radius 2 is 2.00 bits per heavy atom. The highest BCUT2D eigenvalue weighted by molar-refractivity contribution is 5.32. The molecule has 2 nitrogen and oxygen atoms in total. The molecule has 74 valence electrons. The number of rotatable bonds is 3. The summed E-state index contributed by atoms with van der Waals surface area (Å²) in [4.78, 5) is 0. The molecule has 1 aliphatic rings.